The minimum atomic E-state index is 1.05. The zero-order valence-electron chi connectivity index (χ0n) is 10.4. The van der Waals surface area contributed by atoms with E-state index in [0.29, 0.717) is 0 Å². The lowest BCUT2D eigenvalue weighted by Crippen LogP contribution is -2.09. The average Bonchev–Trinajstić information content (AvgIpc) is 2.47. The van der Waals surface area contributed by atoms with Gasteiger partial charge in [-0.1, -0.05) is 18.2 Å². The molecule has 18 heavy (non-hydrogen) atoms. The van der Waals surface area contributed by atoms with Crippen LogP contribution in [0.2, 0.25) is 0 Å². The lowest BCUT2D eigenvalue weighted by molar-refractivity contribution is 1.17. The van der Waals surface area contributed by atoms with Crippen LogP contribution in [0.4, 0.5) is 11.4 Å². The number of nitrogens with one attached hydrogen (secondary N) is 2. The molecule has 1 aliphatic rings. The molecule has 92 valence electrons. The van der Waals surface area contributed by atoms with Crippen LogP contribution in [-0.2, 0) is 0 Å². The van der Waals surface area contributed by atoms with Crippen molar-refractivity contribution in [2.24, 2.45) is 0 Å². The maximum atomic E-state index is 3.46. The van der Waals surface area contributed by atoms with Gasteiger partial charge in [-0.05, 0) is 35.4 Å². The predicted octanol–water partition coefficient (Wildman–Crippen LogP) is 3.91. The Labute approximate surface area is 112 Å². The second-order valence-corrected chi connectivity index (χ2v) is 5.45. The van der Waals surface area contributed by atoms with Gasteiger partial charge in [0.1, 0.15) is 0 Å². The number of thioether (sulfide) groups is 1. The molecule has 2 aromatic rings. The molecule has 0 radical (unpaired) electrons. The molecule has 0 fully saturated rings. The topological polar surface area (TPSA) is 24.1 Å². The SMILES string of the molecule is CNc1cccc(-c2ccc3c(c2)NCCS3)c1. The molecule has 3 rings (SSSR count). The molecule has 2 aromatic carbocycles. The molecule has 3 heteroatoms. The molecule has 0 spiro atoms. The first-order valence-electron chi connectivity index (χ1n) is 6.16. The Kier molecular flexibility index (Phi) is 3.15. The molecule has 2 N–H and O–H groups in total. The second kappa shape index (κ2) is 4.94. The summed E-state index contributed by atoms with van der Waals surface area (Å²) < 4.78 is 0. The lowest BCUT2D eigenvalue weighted by atomic mass is 10.0. The van der Waals surface area contributed by atoms with Crippen molar-refractivity contribution < 1.29 is 0 Å². The average molecular weight is 256 g/mol. The zero-order valence-corrected chi connectivity index (χ0v) is 11.2. The van der Waals surface area contributed by atoms with E-state index in [2.05, 4.69) is 53.1 Å². The third-order valence-electron chi connectivity index (χ3n) is 3.14. The molecule has 0 bridgehead atoms. The molecule has 0 amide bonds. The van der Waals surface area contributed by atoms with Gasteiger partial charge < -0.3 is 10.6 Å². The van der Waals surface area contributed by atoms with Crippen molar-refractivity contribution in [1.82, 2.24) is 0 Å². The van der Waals surface area contributed by atoms with Gasteiger partial charge >= 0.3 is 0 Å². The highest BCUT2D eigenvalue weighted by Crippen LogP contribution is 2.34. The molecule has 1 aliphatic heterocycles. The smallest absolute Gasteiger partial charge is 0.0484 e. The number of fused-ring (bicyclic) bond motifs is 1. The normalized spacial score (nSPS) is 13.6. The van der Waals surface area contributed by atoms with Crippen molar-refractivity contribution in [2.45, 2.75) is 4.90 Å². The van der Waals surface area contributed by atoms with E-state index in [1.54, 1.807) is 0 Å². The van der Waals surface area contributed by atoms with Crippen molar-refractivity contribution in [3.63, 3.8) is 0 Å². The zero-order chi connectivity index (χ0) is 12.4. The van der Waals surface area contributed by atoms with Crippen molar-refractivity contribution >= 4 is 23.1 Å². The fourth-order valence-electron chi connectivity index (χ4n) is 2.17. The molecule has 2 nitrogen and oxygen atoms in total. The number of rotatable bonds is 2. The molecular weight excluding hydrogens is 240 g/mol. The Morgan fingerprint density at radius 2 is 2.00 bits per heavy atom. The van der Waals surface area contributed by atoms with Crippen LogP contribution in [-0.4, -0.2) is 19.3 Å². The summed E-state index contributed by atoms with van der Waals surface area (Å²) in [6.45, 7) is 1.05. The summed E-state index contributed by atoms with van der Waals surface area (Å²) in [7, 11) is 1.95. The van der Waals surface area contributed by atoms with Crippen LogP contribution >= 0.6 is 11.8 Å². The summed E-state index contributed by atoms with van der Waals surface area (Å²) >= 11 is 1.93. The van der Waals surface area contributed by atoms with Crippen LogP contribution in [0, 0.1) is 0 Å². The van der Waals surface area contributed by atoms with Gasteiger partial charge in [-0.25, -0.2) is 0 Å². The van der Waals surface area contributed by atoms with E-state index in [1.807, 2.05) is 18.8 Å². The molecule has 0 atom stereocenters. The van der Waals surface area contributed by atoms with Gasteiger partial charge in [-0.15, -0.1) is 11.8 Å². The molecule has 1 heterocycles. The molecule has 0 aliphatic carbocycles. The highest BCUT2D eigenvalue weighted by Gasteiger charge is 2.10. The Bertz CT molecular complexity index is 566. The van der Waals surface area contributed by atoms with E-state index in [1.165, 1.54) is 21.7 Å². The fourth-order valence-corrected chi connectivity index (χ4v) is 3.05. The maximum absolute atomic E-state index is 3.46. The van der Waals surface area contributed by atoms with Gasteiger partial charge in [-0.3, -0.25) is 0 Å². The van der Waals surface area contributed by atoms with Crippen LogP contribution in [0.3, 0.4) is 0 Å². The summed E-state index contributed by atoms with van der Waals surface area (Å²) in [6, 6.07) is 15.2. The Morgan fingerprint density at radius 3 is 2.89 bits per heavy atom. The molecule has 0 saturated carbocycles. The first-order chi connectivity index (χ1) is 8.86. The Balaban J connectivity index is 2.00. The molecule has 0 saturated heterocycles. The minimum absolute atomic E-state index is 1.05. The van der Waals surface area contributed by atoms with Crippen molar-refractivity contribution in [3.05, 3.63) is 42.5 Å². The fraction of sp³-hybridized carbons (Fsp3) is 0.200. The van der Waals surface area contributed by atoms with Crippen LogP contribution in [0.25, 0.3) is 11.1 Å². The highest BCUT2D eigenvalue weighted by atomic mass is 32.2. The minimum Gasteiger partial charge on any atom is -0.388 e. The Morgan fingerprint density at radius 1 is 1.11 bits per heavy atom. The summed E-state index contributed by atoms with van der Waals surface area (Å²) in [5.41, 5.74) is 4.93. The predicted molar refractivity (Wildman–Crippen MR) is 80.6 cm³/mol. The van der Waals surface area contributed by atoms with Crippen molar-refractivity contribution in [1.29, 1.82) is 0 Å². The van der Waals surface area contributed by atoms with E-state index >= 15 is 0 Å². The highest BCUT2D eigenvalue weighted by molar-refractivity contribution is 7.99. The lowest BCUT2D eigenvalue weighted by Gasteiger charge is -2.18. The summed E-state index contributed by atoms with van der Waals surface area (Å²) in [5, 5.41) is 6.64. The first kappa shape index (κ1) is 11.5. The van der Waals surface area contributed by atoms with Crippen LogP contribution in [0.1, 0.15) is 0 Å². The number of benzene rings is 2. The quantitative estimate of drug-likeness (QED) is 0.851. The third-order valence-corrected chi connectivity index (χ3v) is 4.21. The van der Waals surface area contributed by atoms with Gasteiger partial charge in [0, 0.05) is 35.6 Å². The van der Waals surface area contributed by atoms with Gasteiger partial charge in [0.2, 0.25) is 0 Å². The maximum Gasteiger partial charge on any atom is 0.0484 e. The van der Waals surface area contributed by atoms with Gasteiger partial charge in [0.15, 0.2) is 0 Å². The summed E-state index contributed by atoms with van der Waals surface area (Å²) in [6.07, 6.45) is 0. The number of hydrogen-bond donors (Lipinski definition) is 2. The van der Waals surface area contributed by atoms with Gasteiger partial charge in [0.05, 0.1) is 0 Å². The Hall–Kier alpha value is -1.61. The molecular formula is C15H16N2S. The number of anilines is 2. The van der Waals surface area contributed by atoms with Gasteiger partial charge in [-0.2, -0.15) is 0 Å². The largest absolute Gasteiger partial charge is 0.388 e. The van der Waals surface area contributed by atoms with Crippen LogP contribution < -0.4 is 10.6 Å². The van der Waals surface area contributed by atoms with E-state index in [9.17, 15) is 0 Å². The van der Waals surface area contributed by atoms with Crippen LogP contribution in [0.5, 0.6) is 0 Å². The monoisotopic (exact) mass is 256 g/mol. The third kappa shape index (κ3) is 2.18. The summed E-state index contributed by atoms with van der Waals surface area (Å²) in [5.74, 6) is 1.15. The van der Waals surface area contributed by atoms with E-state index in [0.717, 1.165) is 18.0 Å². The first-order valence-corrected chi connectivity index (χ1v) is 7.14. The van der Waals surface area contributed by atoms with E-state index < -0.39 is 0 Å². The standard InChI is InChI=1S/C15H16N2S/c1-16-13-4-2-3-11(9-13)12-5-6-15-14(10-12)17-7-8-18-15/h2-6,9-10,16-17H,7-8H2,1H3. The molecule has 0 aromatic heterocycles. The van der Waals surface area contributed by atoms with Crippen LogP contribution in [0.15, 0.2) is 47.4 Å². The van der Waals surface area contributed by atoms with Crippen molar-refractivity contribution in [2.75, 3.05) is 30.0 Å². The van der Waals surface area contributed by atoms with E-state index in [-0.39, 0.29) is 0 Å². The number of hydrogen-bond acceptors (Lipinski definition) is 3. The van der Waals surface area contributed by atoms with Gasteiger partial charge in [0.25, 0.3) is 0 Å². The molecule has 0 unspecified atom stereocenters. The second-order valence-electron chi connectivity index (χ2n) is 4.32. The van der Waals surface area contributed by atoms with E-state index in [4.69, 9.17) is 0 Å². The van der Waals surface area contributed by atoms with Crippen molar-refractivity contribution in [3.8, 4) is 11.1 Å². The summed E-state index contributed by atoms with van der Waals surface area (Å²) in [4.78, 5) is 1.36.